The van der Waals surface area contributed by atoms with Crippen molar-refractivity contribution in [1.82, 2.24) is 24.9 Å². The van der Waals surface area contributed by atoms with Crippen molar-refractivity contribution in [1.29, 1.82) is 0 Å². The summed E-state index contributed by atoms with van der Waals surface area (Å²) in [5.41, 5.74) is 3.34. The minimum atomic E-state index is 0.00364. The van der Waals surface area contributed by atoms with Crippen LogP contribution in [0.4, 0.5) is 0 Å². The van der Waals surface area contributed by atoms with Gasteiger partial charge in [0.15, 0.2) is 0 Å². The fraction of sp³-hybridized carbons (Fsp3) is 0.368. The van der Waals surface area contributed by atoms with Gasteiger partial charge in [-0.25, -0.2) is 4.68 Å². The maximum absolute atomic E-state index is 6.04. The van der Waals surface area contributed by atoms with Gasteiger partial charge in [0.25, 0.3) is 0 Å². The molecule has 3 heterocycles. The molecule has 1 aromatic carbocycles. The Morgan fingerprint density at radius 2 is 2.08 bits per heavy atom. The van der Waals surface area contributed by atoms with Crippen LogP contribution < -0.4 is 5.32 Å². The molecule has 1 saturated heterocycles. The van der Waals surface area contributed by atoms with E-state index in [0.717, 1.165) is 37.5 Å². The number of nitrogens with one attached hydrogen (secondary N) is 1. The molecule has 0 unspecified atom stereocenters. The van der Waals surface area contributed by atoms with Crippen LogP contribution in [-0.4, -0.2) is 32.2 Å². The molecule has 1 fully saturated rings. The highest BCUT2D eigenvalue weighted by Gasteiger charge is 2.32. The van der Waals surface area contributed by atoms with Crippen molar-refractivity contribution in [3.8, 4) is 5.69 Å². The van der Waals surface area contributed by atoms with Gasteiger partial charge in [-0.3, -0.25) is 4.68 Å². The lowest BCUT2D eigenvalue weighted by molar-refractivity contribution is 0.0931. The first kappa shape index (κ1) is 16.1. The van der Waals surface area contributed by atoms with Crippen LogP contribution >= 0.6 is 0 Å². The number of para-hydroxylation sites is 1. The number of rotatable bonds is 6. The second kappa shape index (κ2) is 7.21. The van der Waals surface area contributed by atoms with Crippen LogP contribution in [0, 0.1) is 0 Å². The number of hydrogen-bond donors (Lipinski definition) is 1. The van der Waals surface area contributed by atoms with E-state index in [-0.39, 0.29) is 12.1 Å². The molecular formula is C19H23N5O. The summed E-state index contributed by atoms with van der Waals surface area (Å²) in [6, 6.07) is 12.5. The molecule has 2 atom stereocenters. The fourth-order valence-corrected chi connectivity index (χ4v) is 3.32. The third kappa shape index (κ3) is 3.36. The molecule has 1 aliphatic heterocycles. The molecule has 1 N–H and O–H groups in total. The van der Waals surface area contributed by atoms with E-state index in [1.54, 1.807) is 0 Å². The normalized spacial score (nSPS) is 20.2. The summed E-state index contributed by atoms with van der Waals surface area (Å²) in [5.74, 6) is 0. The van der Waals surface area contributed by atoms with Crippen LogP contribution in [0.2, 0.25) is 0 Å². The van der Waals surface area contributed by atoms with Gasteiger partial charge < -0.3 is 10.1 Å². The van der Waals surface area contributed by atoms with E-state index in [2.05, 4.69) is 40.8 Å². The summed E-state index contributed by atoms with van der Waals surface area (Å²) in [6.45, 7) is 4.54. The Morgan fingerprint density at radius 1 is 1.20 bits per heavy atom. The van der Waals surface area contributed by atoms with Crippen LogP contribution in [0.15, 0.2) is 55.0 Å². The first-order chi connectivity index (χ1) is 12.3. The van der Waals surface area contributed by atoms with Crippen molar-refractivity contribution in [2.24, 2.45) is 0 Å². The third-order valence-electron chi connectivity index (χ3n) is 4.64. The Kier molecular flexibility index (Phi) is 4.63. The van der Waals surface area contributed by atoms with Crippen molar-refractivity contribution in [3.63, 3.8) is 0 Å². The fourth-order valence-electron chi connectivity index (χ4n) is 3.32. The van der Waals surface area contributed by atoms with E-state index in [9.17, 15) is 0 Å². The zero-order valence-electron chi connectivity index (χ0n) is 14.4. The van der Waals surface area contributed by atoms with Gasteiger partial charge in [-0.15, -0.1) is 0 Å². The molecule has 25 heavy (non-hydrogen) atoms. The monoisotopic (exact) mass is 337 g/mol. The quantitative estimate of drug-likeness (QED) is 0.751. The van der Waals surface area contributed by atoms with E-state index in [0.29, 0.717) is 0 Å². The van der Waals surface area contributed by atoms with Gasteiger partial charge >= 0.3 is 0 Å². The highest BCUT2D eigenvalue weighted by atomic mass is 16.5. The molecule has 3 aromatic rings. The molecule has 0 amide bonds. The van der Waals surface area contributed by atoms with E-state index >= 15 is 0 Å². The van der Waals surface area contributed by atoms with Crippen molar-refractivity contribution in [2.45, 2.75) is 38.6 Å². The lowest BCUT2D eigenvalue weighted by Crippen LogP contribution is -2.32. The smallest absolute Gasteiger partial charge is 0.115 e. The zero-order valence-corrected chi connectivity index (χ0v) is 14.4. The SMILES string of the molecule is CCn1cc(CN[C@H]2CCO[C@@H]2c2ccnn2-c2ccccc2)cn1. The molecule has 6 nitrogen and oxygen atoms in total. The van der Waals surface area contributed by atoms with Gasteiger partial charge in [-0.2, -0.15) is 10.2 Å². The van der Waals surface area contributed by atoms with Gasteiger partial charge in [-0.05, 0) is 31.5 Å². The molecular weight excluding hydrogens is 314 g/mol. The minimum absolute atomic E-state index is 0.00364. The van der Waals surface area contributed by atoms with Gasteiger partial charge in [0, 0.05) is 43.7 Å². The van der Waals surface area contributed by atoms with Crippen LogP contribution in [0.25, 0.3) is 5.69 Å². The predicted molar refractivity (Wildman–Crippen MR) is 95.4 cm³/mol. The largest absolute Gasteiger partial charge is 0.370 e. The maximum Gasteiger partial charge on any atom is 0.115 e. The molecule has 0 saturated carbocycles. The number of aromatic nitrogens is 4. The Morgan fingerprint density at radius 3 is 2.88 bits per heavy atom. The highest BCUT2D eigenvalue weighted by molar-refractivity contribution is 5.33. The summed E-state index contributed by atoms with van der Waals surface area (Å²) >= 11 is 0. The van der Waals surface area contributed by atoms with Crippen LogP contribution in [0.1, 0.15) is 30.7 Å². The van der Waals surface area contributed by atoms with Crippen LogP contribution in [-0.2, 0) is 17.8 Å². The summed E-state index contributed by atoms with van der Waals surface area (Å²) in [4.78, 5) is 0. The molecule has 6 heteroatoms. The topological polar surface area (TPSA) is 56.9 Å². The Hall–Kier alpha value is -2.44. The van der Waals surface area contributed by atoms with E-state index in [1.807, 2.05) is 46.0 Å². The molecule has 0 aliphatic carbocycles. The number of nitrogens with zero attached hydrogens (tertiary/aromatic N) is 4. The summed E-state index contributed by atoms with van der Waals surface area (Å²) in [5, 5.41) is 12.5. The van der Waals surface area contributed by atoms with Crippen molar-refractivity contribution in [2.75, 3.05) is 6.61 Å². The molecule has 0 radical (unpaired) electrons. The number of benzene rings is 1. The maximum atomic E-state index is 6.04. The van der Waals surface area contributed by atoms with Crippen molar-refractivity contribution < 1.29 is 4.74 Å². The summed E-state index contributed by atoms with van der Waals surface area (Å²) in [7, 11) is 0. The highest BCUT2D eigenvalue weighted by Crippen LogP contribution is 2.30. The average Bonchev–Trinajstić information content (AvgIpc) is 3.39. The number of ether oxygens (including phenoxy) is 1. The van der Waals surface area contributed by atoms with E-state index < -0.39 is 0 Å². The van der Waals surface area contributed by atoms with Crippen LogP contribution in [0.3, 0.4) is 0 Å². The molecule has 0 spiro atoms. The molecule has 0 bridgehead atoms. The Labute approximate surface area is 147 Å². The second-order valence-electron chi connectivity index (χ2n) is 6.28. The average molecular weight is 337 g/mol. The molecule has 1 aliphatic rings. The van der Waals surface area contributed by atoms with Crippen LogP contribution in [0.5, 0.6) is 0 Å². The number of aryl methyl sites for hydroxylation is 1. The summed E-state index contributed by atoms with van der Waals surface area (Å²) < 4.78 is 9.96. The lowest BCUT2D eigenvalue weighted by atomic mass is 10.1. The third-order valence-corrected chi connectivity index (χ3v) is 4.64. The number of hydrogen-bond acceptors (Lipinski definition) is 4. The standard InChI is InChI=1S/C19H23N5O/c1-2-23-14-15(13-22-23)12-20-17-9-11-25-19(17)18-8-10-21-24(18)16-6-4-3-5-7-16/h3-8,10,13-14,17,19-20H,2,9,11-12H2,1H3/t17-,19-/m0/s1. The lowest BCUT2D eigenvalue weighted by Gasteiger charge is -2.21. The van der Waals surface area contributed by atoms with Gasteiger partial charge in [-0.1, -0.05) is 18.2 Å². The van der Waals surface area contributed by atoms with Gasteiger partial charge in [0.05, 0.1) is 17.6 Å². The zero-order chi connectivity index (χ0) is 17.1. The van der Waals surface area contributed by atoms with Gasteiger partial charge in [0.2, 0.25) is 0 Å². The first-order valence-corrected chi connectivity index (χ1v) is 8.81. The predicted octanol–water partition coefficient (Wildman–Crippen LogP) is 2.71. The minimum Gasteiger partial charge on any atom is -0.370 e. The van der Waals surface area contributed by atoms with Crippen molar-refractivity contribution >= 4 is 0 Å². The molecule has 2 aromatic heterocycles. The van der Waals surface area contributed by atoms with Gasteiger partial charge in [0.1, 0.15) is 6.10 Å². The summed E-state index contributed by atoms with van der Waals surface area (Å²) in [6.07, 6.45) is 6.85. The molecule has 130 valence electrons. The Balaban J connectivity index is 1.49. The van der Waals surface area contributed by atoms with Crippen molar-refractivity contribution in [3.05, 3.63) is 66.2 Å². The second-order valence-corrected chi connectivity index (χ2v) is 6.28. The van der Waals surface area contributed by atoms with E-state index in [4.69, 9.17) is 4.74 Å². The molecule has 4 rings (SSSR count). The first-order valence-electron chi connectivity index (χ1n) is 8.81. The Bertz CT molecular complexity index is 810. The van der Waals surface area contributed by atoms with E-state index in [1.165, 1.54) is 5.56 Å².